The molecule has 0 aromatic heterocycles. The van der Waals surface area contributed by atoms with Crippen molar-refractivity contribution < 1.29 is 13.2 Å². The van der Waals surface area contributed by atoms with Crippen LogP contribution in [0.1, 0.15) is 5.56 Å². The molecule has 0 heterocycles. The molecule has 0 spiro atoms. The number of nitrogens with one attached hydrogen (secondary N) is 1. The van der Waals surface area contributed by atoms with Gasteiger partial charge in [-0.1, -0.05) is 46.9 Å². The Kier molecular flexibility index (Phi) is 6.93. The molecule has 1 N–H and O–H groups in total. The summed E-state index contributed by atoms with van der Waals surface area (Å²) in [5.41, 5.74) is 1.69. The molecular formula is C21H17Cl3N2O3S. The Morgan fingerprint density at radius 1 is 0.867 bits per heavy atom. The maximum atomic E-state index is 12.8. The van der Waals surface area contributed by atoms with E-state index in [2.05, 4.69) is 5.32 Å². The van der Waals surface area contributed by atoms with Gasteiger partial charge in [0.05, 0.1) is 17.0 Å². The molecule has 0 saturated heterocycles. The van der Waals surface area contributed by atoms with E-state index < -0.39 is 10.0 Å². The molecule has 9 heteroatoms. The predicted octanol–water partition coefficient (Wildman–Crippen LogP) is 5.65. The third-order valence-electron chi connectivity index (χ3n) is 4.28. The van der Waals surface area contributed by atoms with E-state index >= 15 is 0 Å². The molecule has 0 bridgehead atoms. The highest BCUT2D eigenvalue weighted by atomic mass is 35.5. The maximum Gasteiger partial charge on any atom is 0.264 e. The van der Waals surface area contributed by atoms with Crippen LogP contribution in [-0.2, 0) is 21.2 Å². The second-order valence-corrected chi connectivity index (χ2v) is 9.75. The summed E-state index contributed by atoms with van der Waals surface area (Å²) >= 11 is 17.7. The van der Waals surface area contributed by atoms with E-state index in [0.29, 0.717) is 26.4 Å². The number of hydrogen-bond donors (Lipinski definition) is 1. The summed E-state index contributed by atoms with van der Waals surface area (Å²) in [5.74, 6) is -0.247. The van der Waals surface area contributed by atoms with Gasteiger partial charge in [-0.05, 0) is 60.2 Å². The first-order valence-corrected chi connectivity index (χ1v) is 11.3. The monoisotopic (exact) mass is 482 g/mol. The zero-order chi connectivity index (χ0) is 21.9. The minimum atomic E-state index is -3.72. The van der Waals surface area contributed by atoms with Gasteiger partial charge in [-0.3, -0.25) is 9.10 Å². The van der Waals surface area contributed by atoms with Crippen LogP contribution in [0.2, 0.25) is 15.1 Å². The normalized spacial score (nSPS) is 11.2. The molecule has 0 radical (unpaired) electrons. The van der Waals surface area contributed by atoms with E-state index in [4.69, 9.17) is 34.8 Å². The number of carbonyl (C=O) groups excluding carboxylic acids is 1. The minimum absolute atomic E-state index is 0.109. The van der Waals surface area contributed by atoms with E-state index in [1.807, 2.05) is 0 Å². The highest BCUT2D eigenvalue weighted by molar-refractivity contribution is 7.92. The number of nitrogens with zero attached hydrogens (tertiary/aromatic N) is 1. The highest BCUT2D eigenvalue weighted by Gasteiger charge is 2.21. The number of anilines is 2. The maximum absolute atomic E-state index is 12.8. The standard InChI is InChI=1S/C21H17Cl3N2O3S/c1-26(30(28,29)20-8-4-15(22)5-9-20)19-6-2-14(3-7-19)10-21(27)25-18-12-16(23)11-17(24)13-18/h2-9,11-13H,10H2,1H3,(H,25,27). The molecule has 30 heavy (non-hydrogen) atoms. The summed E-state index contributed by atoms with van der Waals surface area (Å²) < 4.78 is 26.7. The van der Waals surface area contributed by atoms with Crippen molar-refractivity contribution in [2.24, 2.45) is 0 Å². The third-order valence-corrected chi connectivity index (χ3v) is 6.77. The minimum Gasteiger partial charge on any atom is -0.326 e. The number of benzene rings is 3. The van der Waals surface area contributed by atoms with Crippen LogP contribution >= 0.6 is 34.8 Å². The first-order valence-electron chi connectivity index (χ1n) is 8.74. The Labute approximate surface area is 190 Å². The molecule has 5 nitrogen and oxygen atoms in total. The number of amides is 1. The highest BCUT2D eigenvalue weighted by Crippen LogP contribution is 2.25. The molecule has 0 aliphatic heterocycles. The van der Waals surface area contributed by atoms with Crippen molar-refractivity contribution in [3.05, 3.63) is 87.4 Å². The van der Waals surface area contributed by atoms with Crippen molar-refractivity contribution in [3.8, 4) is 0 Å². The Morgan fingerprint density at radius 2 is 1.43 bits per heavy atom. The van der Waals surface area contributed by atoms with Gasteiger partial charge < -0.3 is 5.32 Å². The van der Waals surface area contributed by atoms with E-state index in [1.54, 1.807) is 42.5 Å². The van der Waals surface area contributed by atoms with Crippen LogP contribution < -0.4 is 9.62 Å². The van der Waals surface area contributed by atoms with Crippen molar-refractivity contribution in [2.75, 3.05) is 16.7 Å². The summed E-state index contributed by atoms with van der Waals surface area (Å²) in [5, 5.41) is 4.04. The average Bonchev–Trinajstić information content (AvgIpc) is 2.67. The number of halogens is 3. The van der Waals surface area contributed by atoms with E-state index in [9.17, 15) is 13.2 Å². The van der Waals surface area contributed by atoms with Crippen molar-refractivity contribution in [1.29, 1.82) is 0 Å². The Bertz CT molecular complexity index is 1140. The van der Waals surface area contributed by atoms with Crippen molar-refractivity contribution in [3.63, 3.8) is 0 Å². The molecule has 0 aliphatic rings. The number of hydrogen-bond acceptors (Lipinski definition) is 3. The van der Waals surface area contributed by atoms with Gasteiger partial charge in [0.15, 0.2) is 0 Å². The second kappa shape index (κ2) is 9.27. The number of rotatable bonds is 6. The quantitative estimate of drug-likeness (QED) is 0.492. The van der Waals surface area contributed by atoms with Gasteiger partial charge in [0.25, 0.3) is 10.0 Å². The van der Waals surface area contributed by atoms with Crippen LogP contribution in [0.15, 0.2) is 71.6 Å². The van der Waals surface area contributed by atoms with Crippen LogP contribution in [0.4, 0.5) is 11.4 Å². The number of carbonyl (C=O) groups is 1. The zero-order valence-corrected chi connectivity index (χ0v) is 18.9. The van der Waals surface area contributed by atoms with Gasteiger partial charge in [0, 0.05) is 27.8 Å². The van der Waals surface area contributed by atoms with Crippen molar-refractivity contribution in [1.82, 2.24) is 0 Å². The van der Waals surface area contributed by atoms with Crippen molar-refractivity contribution in [2.45, 2.75) is 11.3 Å². The zero-order valence-electron chi connectivity index (χ0n) is 15.8. The van der Waals surface area contributed by atoms with Gasteiger partial charge in [-0.15, -0.1) is 0 Å². The first kappa shape index (κ1) is 22.4. The molecule has 156 valence electrons. The molecular weight excluding hydrogens is 467 g/mol. The van der Waals surface area contributed by atoms with Crippen LogP contribution in [0, 0.1) is 0 Å². The molecule has 0 fully saturated rings. The molecule has 3 aromatic carbocycles. The molecule has 1 amide bonds. The molecule has 3 rings (SSSR count). The van der Waals surface area contributed by atoms with Crippen LogP contribution in [0.3, 0.4) is 0 Å². The van der Waals surface area contributed by atoms with Gasteiger partial charge in [0.1, 0.15) is 0 Å². The first-order chi connectivity index (χ1) is 14.1. The van der Waals surface area contributed by atoms with Crippen LogP contribution in [0.25, 0.3) is 0 Å². The van der Waals surface area contributed by atoms with Crippen molar-refractivity contribution >= 4 is 62.1 Å². The topological polar surface area (TPSA) is 66.5 Å². The van der Waals surface area contributed by atoms with Crippen LogP contribution in [-0.4, -0.2) is 21.4 Å². The Hall–Kier alpha value is -2.25. The summed E-state index contributed by atoms with van der Waals surface area (Å²) in [6.07, 6.45) is 0.109. The fraction of sp³-hybridized carbons (Fsp3) is 0.0952. The molecule has 3 aromatic rings. The molecule has 0 saturated carbocycles. The van der Waals surface area contributed by atoms with Gasteiger partial charge in [-0.25, -0.2) is 8.42 Å². The lowest BCUT2D eigenvalue weighted by atomic mass is 10.1. The van der Waals surface area contributed by atoms with Gasteiger partial charge in [-0.2, -0.15) is 0 Å². The lowest BCUT2D eigenvalue weighted by Crippen LogP contribution is -2.26. The molecule has 0 atom stereocenters. The fourth-order valence-electron chi connectivity index (χ4n) is 2.74. The van der Waals surface area contributed by atoms with Crippen LogP contribution in [0.5, 0.6) is 0 Å². The Morgan fingerprint density at radius 3 is 2.00 bits per heavy atom. The second-order valence-electron chi connectivity index (χ2n) is 6.48. The van der Waals surface area contributed by atoms with E-state index in [1.165, 1.54) is 35.6 Å². The molecule has 0 unspecified atom stereocenters. The average molecular weight is 484 g/mol. The summed E-state index contributed by atoms with van der Waals surface area (Å²) in [4.78, 5) is 12.4. The fourth-order valence-corrected chi connectivity index (χ4v) is 4.59. The third kappa shape index (κ3) is 5.46. The van der Waals surface area contributed by atoms with E-state index in [-0.39, 0.29) is 17.2 Å². The molecule has 0 aliphatic carbocycles. The predicted molar refractivity (Wildman–Crippen MR) is 122 cm³/mol. The number of sulfonamides is 1. The van der Waals surface area contributed by atoms with Gasteiger partial charge >= 0.3 is 0 Å². The Balaban J connectivity index is 1.69. The summed E-state index contributed by atoms with van der Waals surface area (Å²) in [6, 6.07) is 17.4. The lowest BCUT2D eigenvalue weighted by molar-refractivity contribution is -0.115. The smallest absolute Gasteiger partial charge is 0.264 e. The van der Waals surface area contributed by atoms with E-state index in [0.717, 1.165) is 5.56 Å². The SMILES string of the molecule is CN(c1ccc(CC(=O)Nc2cc(Cl)cc(Cl)c2)cc1)S(=O)(=O)c1ccc(Cl)cc1. The summed E-state index contributed by atoms with van der Waals surface area (Å²) in [7, 11) is -2.26. The largest absolute Gasteiger partial charge is 0.326 e. The lowest BCUT2D eigenvalue weighted by Gasteiger charge is -2.20. The van der Waals surface area contributed by atoms with Gasteiger partial charge in [0.2, 0.25) is 5.91 Å². The summed E-state index contributed by atoms with van der Waals surface area (Å²) in [6.45, 7) is 0.